The largest absolute Gasteiger partial charge is 0.230 e. The molecule has 0 fully saturated rings. The van der Waals surface area contributed by atoms with Crippen molar-refractivity contribution in [2.75, 3.05) is 0 Å². The number of hydrogen-bond donors (Lipinski definition) is 0. The molecule has 0 saturated heterocycles. The third kappa shape index (κ3) is 4.52. The van der Waals surface area contributed by atoms with Crippen LogP contribution in [0.2, 0.25) is 0 Å². The van der Waals surface area contributed by atoms with E-state index in [0.717, 1.165) is 5.57 Å². The highest BCUT2D eigenvalue weighted by Crippen LogP contribution is 2.21. The standard InChI is InChI=1S/C10H20O2/c1-8(2)10(6,7)12-11-9(3,4)5/h1H2,2-7H3. The topological polar surface area (TPSA) is 18.5 Å². The Morgan fingerprint density at radius 2 is 1.42 bits per heavy atom. The molecule has 0 aliphatic rings. The van der Waals surface area contributed by atoms with Gasteiger partial charge in [0.05, 0.1) is 5.60 Å². The molecule has 0 spiro atoms. The van der Waals surface area contributed by atoms with Crippen molar-refractivity contribution in [2.45, 2.75) is 52.7 Å². The summed E-state index contributed by atoms with van der Waals surface area (Å²) in [4.78, 5) is 10.5. The lowest BCUT2D eigenvalue weighted by molar-refractivity contribution is -0.388. The SMILES string of the molecule is C=C(C)C(C)(C)OOC(C)(C)C. The van der Waals surface area contributed by atoms with E-state index >= 15 is 0 Å². The molecule has 0 aromatic rings. The molecular formula is C10H20O2. The van der Waals surface area contributed by atoms with Gasteiger partial charge in [0.1, 0.15) is 5.60 Å². The molecule has 0 aromatic carbocycles. The van der Waals surface area contributed by atoms with E-state index in [9.17, 15) is 0 Å². The van der Waals surface area contributed by atoms with Gasteiger partial charge in [0.25, 0.3) is 0 Å². The van der Waals surface area contributed by atoms with Crippen LogP contribution in [-0.4, -0.2) is 11.2 Å². The quantitative estimate of drug-likeness (QED) is 0.370. The van der Waals surface area contributed by atoms with Crippen LogP contribution >= 0.6 is 0 Å². The van der Waals surface area contributed by atoms with Gasteiger partial charge in [0.2, 0.25) is 0 Å². The Bertz CT molecular complexity index is 163. The van der Waals surface area contributed by atoms with E-state index in [2.05, 4.69) is 6.58 Å². The van der Waals surface area contributed by atoms with Crippen molar-refractivity contribution in [1.82, 2.24) is 0 Å². The van der Waals surface area contributed by atoms with Gasteiger partial charge < -0.3 is 0 Å². The zero-order chi connectivity index (χ0) is 9.99. The normalized spacial score (nSPS) is 13.2. The van der Waals surface area contributed by atoms with E-state index in [1.165, 1.54) is 0 Å². The smallest absolute Gasteiger partial charge is 0.118 e. The van der Waals surface area contributed by atoms with E-state index in [0.29, 0.717) is 0 Å². The minimum absolute atomic E-state index is 0.271. The molecule has 0 radical (unpaired) electrons. The van der Waals surface area contributed by atoms with Crippen LogP contribution in [0.3, 0.4) is 0 Å². The molecule has 0 aliphatic carbocycles. The fourth-order valence-electron chi connectivity index (χ4n) is 0.300. The zero-order valence-corrected chi connectivity index (χ0v) is 9.02. The molecule has 0 rings (SSSR count). The maximum Gasteiger partial charge on any atom is 0.118 e. The van der Waals surface area contributed by atoms with Crippen LogP contribution in [0.1, 0.15) is 41.5 Å². The third-order valence-corrected chi connectivity index (χ3v) is 1.53. The summed E-state index contributed by atoms with van der Waals surface area (Å²) in [6, 6.07) is 0. The minimum atomic E-state index is -0.409. The van der Waals surface area contributed by atoms with E-state index in [1.807, 2.05) is 41.5 Å². The molecule has 0 saturated carbocycles. The average Bonchev–Trinajstić information content (AvgIpc) is 1.82. The second-order valence-electron chi connectivity index (χ2n) is 4.57. The van der Waals surface area contributed by atoms with Gasteiger partial charge in [0, 0.05) is 0 Å². The highest BCUT2D eigenvalue weighted by molar-refractivity contribution is 5.04. The monoisotopic (exact) mass is 172 g/mol. The minimum Gasteiger partial charge on any atom is -0.230 e. The van der Waals surface area contributed by atoms with Crippen LogP contribution in [0.5, 0.6) is 0 Å². The predicted octanol–water partition coefficient (Wildman–Crippen LogP) is 3.09. The Morgan fingerprint density at radius 3 is 1.67 bits per heavy atom. The third-order valence-electron chi connectivity index (χ3n) is 1.53. The van der Waals surface area contributed by atoms with Gasteiger partial charge in [-0.15, -0.1) is 0 Å². The van der Waals surface area contributed by atoms with Crippen LogP contribution in [0, 0.1) is 0 Å². The number of hydrogen-bond acceptors (Lipinski definition) is 2. The van der Waals surface area contributed by atoms with Crippen LogP contribution < -0.4 is 0 Å². The summed E-state index contributed by atoms with van der Waals surface area (Å²) >= 11 is 0. The molecule has 0 unspecified atom stereocenters. The van der Waals surface area contributed by atoms with Crippen molar-refractivity contribution in [3.8, 4) is 0 Å². The van der Waals surface area contributed by atoms with Gasteiger partial charge >= 0.3 is 0 Å². The van der Waals surface area contributed by atoms with Crippen molar-refractivity contribution in [3.05, 3.63) is 12.2 Å². The summed E-state index contributed by atoms with van der Waals surface area (Å²) in [6.07, 6.45) is 0. The average molecular weight is 172 g/mol. The summed E-state index contributed by atoms with van der Waals surface area (Å²) in [7, 11) is 0. The van der Waals surface area contributed by atoms with Gasteiger partial charge in [-0.05, 0) is 47.1 Å². The predicted molar refractivity (Wildman–Crippen MR) is 50.8 cm³/mol. The van der Waals surface area contributed by atoms with Crippen LogP contribution in [0.25, 0.3) is 0 Å². The summed E-state index contributed by atoms with van der Waals surface area (Å²) in [5.41, 5.74) is 0.270. The molecule has 0 aromatic heterocycles. The fraction of sp³-hybridized carbons (Fsp3) is 0.800. The Balaban J connectivity index is 4.01. The Hall–Kier alpha value is -0.340. The van der Waals surface area contributed by atoms with Crippen LogP contribution in [0.4, 0.5) is 0 Å². The molecule has 0 N–H and O–H groups in total. The Kier molecular flexibility index (Phi) is 3.48. The highest BCUT2D eigenvalue weighted by Gasteiger charge is 2.24. The maximum atomic E-state index is 5.26. The second-order valence-corrected chi connectivity index (χ2v) is 4.57. The molecule has 72 valence electrons. The molecule has 2 nitrogen and oxygen atoms in total. The Morgan fingerprint density at radius 1 is 1.00 bits per heavy atom. The van der Waals surface area contributed by atoms with E-state index < -0.39 is 5.60 Å². The maximum absolute atomic E-state index is 5.26. The molecule has 2 heteroatoms. The summed E-state index contributed by atoms with van der Waals surface area (Å²) in [5, 5.41) is 0. The molecule has 0 aliphatic heterocycles. The first kappa shape index (κ1) is 11.7. The Labute approximate surface area is 75.5 Å². The van der Waals surface area contributed by atoms with Crippen LogP contribution in [0.15, 0.2) is 12.2 Å². The zero-order valence-electron chi connectivity index (χ0n) is 9.02. The van der Waals surface area contributed by atoms with Gasteiger partial charge in [0.15, 0.2) is 0 Å². The van der Waals surface area contributed by atoms with Crippen molar-refractivity contribution in [1.29, 1.82) is 0 Å². The molecule has 0 bridgehead atoms. The lowest BCUT2D eigenvalue weighted by atomic mass is 10.0. The number of rotatable bonds is 3. The van der Waals surface area contributed by atoms with E-state index in [1.54, 1.807) is 0 Å². The van der Waals surface area contributed by atoms with Crippen molar-refractivity contribution < 1.29 is 9.78 Å². The summed E-state index contributed by atoms with van der Waals surface area (Å²) < 4.78 is 0. The van der Waals surface area contributed by atoms with Crippen molar-refractivity contribution >= 4 is 0 Å². The molecule has 0 heterocycles. The first-order valence-corrected chi connectivity index (χ1v) is 4.18. The van der Waals surface area contributed by atoms with Gasteiger partial charge in [-0.1, -0.05) is 6.58 Å². The van der Waals surface area contributed by atoms with Gasteiger partial charge in [-0.3, -0.25) is 0 Å². The summed E-state index contributed by atoms with van der Waals surface area (Å²) in [6.45, 7) is 15.4. The first-order chi connectivity index (χ1) is 5.15. The molecule has 0 amide bonds. The second kappa shape index (κ2) is 3.58. The molecule has 0 atom stereocenters. The van der Waals surface area contributed by atoms with Crippen LogP contribution in [-0.2, 0) is 9.78 Å². The van der Waals surface area contributed by atoms with E-state index in [4.69, 9.17) is 9.78 Å². The lowest BCUT2D eigenvalue weighted by Gasteiger charge is -2.28. The van der Waals surface area contributed by atoms with E-state index in [-0.39, 0.29) is 5.60 Å². The van der Waals surface area contributed by atoms with Crippen molar-refractivity contribution in [3.63, 3.8) is 0 Å². The molecule has 12 heavy (non-hydrogen) atoms. The first-order valence-electron chi connectivity index (χ1n) is 4.18. The summed E-state index contributed by atoms with van der Waals surface area (Å²) in [5.74, 6) is 0. The molecular weight excluding hydrogens is 152 g/mol. The lowest BCUT2D eigenvalue weighted by Crippen LogP contribution is -2.31. The van der Waals surface area contributed by atoms with Gasteiger partial charge in [-0.25, -0.2) is 9.78 Å². The fourth-order valence-corrected chi connectivity index (χ4v) is 0.300. The van der Waals surface area contributed by atoms with Crippen molar-refractivity contribution in [2.24, 2.45) is 0 Å². The van der Waals surface area contributed by atoms with Gasteiger partial charge in [-0.2, -0.15) is 0 Å². The highest BCUT2D eigenvalue weighted by atomic mass is 17.2.